The topological polar surface area (TPSA) is 97.8 Å². The quantitative estimate of drug-likeness (QED) is 0.463. The van der Waals surface area contributed by atoms with Gasteiger partial charge in [0.25, 0.3) is 0 Å². The Bertz CT molecular complexity index is 1150. The van der Waals surface area contributed by atoms with Crippen molar-refractivity contribution in [2.24, 2.45) is 17.8 Å². The summed E-state index contributed by atoms with van der Waals surface area (Å²) in [4.78, 5) is 24.3. The normalized spacial score (nSPS) is 19.1. The number of benzene rings is 1. The number of hydrogen-bond donors (Lipinski definition) is 2. The van der Waals surface area contributed by atoms with Gasteiger partial charge in [0.1, 0.15) is 5.82 Å². The largest absolute Gasteiger partial charge is 0.493 e. The Morgan fingerprint density at radius 2 is 1.92 bits per heavy atom. The number of ether oxygens (including phenoxy) is 3. The summed E-state index contributed by atoms with van der Waals surface area (Å²) in [7, 11) is 4.72. The van der Waals surface area contributed by atoms with Crippen LogP contribution in [0.1, 0.15) is 33.1 Å². The summed E-state index contributed by atoms with van der Waals surface area (Å²) in [5, 5.41) is 6.38. The third-order valence-corrected chi connectivity index (χ3v) is 7.21. The van der Waals surface area contributed by atoms with E-state index in [4.69, 9.17) is 19.2 Å². The van der Waals surface area contributed by atoms with E-state index in [9.17, 15) is 4.79 Å². The molecule has 1 aromatic heterocycles. The van der Waals surface area contributed by atoms with Gasteiger partial charge in [-0.15, -0.1) is 0 Å². The van der Waals surface area contributed by atoms with Crippen LogP contribution in [0.5, 0.6) is 17.2 Å². The van der Waals surface area contributed by atoms with Gasteiger partial charge in [-0.1, -0.05) is 32.1 Å². The molecule has 0 spiro atoms. The van der Waals surface area contributed by atoms with Gasteiger partial charge in [0.05, 0.1) is 27.2 Å². The van der Waals surface area contributed by atoms with Crippen molar-refractivity contribution in [2.45, 2.75) is 33.1 Å². The van der Waals surface area contributed by atoms with Crippen LogP contribution in [0.15, 0.2) is 48.2 Å². The molecule has 1 amide bonds. The van der Waals surface area contributed by atoms with Crippen LogP contribution in [0.2, 0.25) is 0 Å². The molecule has 2 heterocycles. The highest BCUT2D eigenvalue weighted by atomic mass is 16.5. The second-order valence-corrected chi connectivity index (χ2v) is 10.1. The van der Waals surface area contributed by atoms with E-state index >= 15 is 0 Å². The lowest BCUT2D eigenvalue weighted by molar-refractivity contribution is -0.125. The van der Waals surface area contributed by atoms with E-state index in [2.05, 4.69) is 52.6 Å². The van der Waals surface area contributed by atoms with Crippen molar-refractivity contribution >= 4 is 23.4 Å². The van der Waals surface area contributed by atoms with E-state index in [-0.39, 0.29) is 11.8 Å². The Kier molecular flexibility index (Phi) is 9.10. The Balaban J connectivity index is 1.38. The minimum absolute atomic E-state index is 0.0817. The molecule has 0 saturated carbocycles. The molecule has 1 unspecified atom stereocenters. The monoisotopic (exact) mass is 521 g/mol. The highest BCUT2D eigenvalue weighted by molar-refractivity contribution is 5.80. The number of nitrogens with one attached hydrogen (secondary N) is 2. The number of methoxy groups -OCH3 is 3. The van der Waals surface area contributed by atoms with Gasteiger partial charge in [0.15, 0.2) is 11.5 Å². The van der Waals surface area contributed by atoms with Crippen molar-refractivity contribution < 1.29 is 19.0 Å². The van der Waals surface area contributed by atoms with E-state index in [0.29, 0.717) is 53.8 Å². The van der Waals surface area contributed by atoms with Crippen LogP contribution in [0.4, 0.5) is 17.5 Å². The third kappa shape index (κ3) is 6.57. The maximum atomic E-state index is 13.0. The predicted molar refractivity (Wildman–Crippen MR) is 150 cm³/mol. The fraction of sp³-hybridized carbons (Fsp3) is 0.483. The van der Waals surface area contributed by atoms with Crippen molar-refractivity contribution in [3.63, 3.8) is 0 Å². The highest BCUT2D eigenvalue weighted by Crippen LogP contribution is 2.40. The van der Waals surface area contributed by atoms with Crippen LogP contribution in [0, 0.1) is 17.8 Å². The number of allylic oxidation sites excluding steroid dienone is 2. The smallest absolute Gasteiger partial charge is 0.229 e. The molecule has 1 aliphatic heterocycles. The summed E-state index contributed by atoms with van der Waals surface area (Å²) in [6.45, 7) is 6.53. The zero-order chi connectivity index (χ0) is 27.1. The average molecular weight is 522 g/mol. The first-order valence-corrected chi connectivity index (χ1v) is 13.2. The summed E-state index contributed by atoms with van der Waals surface area (Å²) < 4.78 is 16.3. The Morgan fingerprint density at radius 3 is 2.55 bits per heavy atom. The number of aromatic nitrogens is 2. The van der Waals surface area contributed by atoms with E-state index in [1.807, 2.05) is 6.07 Å². The molecular weight excluding hydrogens is 482 g/mol. The van der Waals surface area contributed by atoms with Gasteiger partial charge in [0, 0.05) is 43.7 Å². The molecule has 1 fully saturated rings. The maximum absolute atomic E-state index is 13.0. The lowest BCUT2D eigenvalue weighted by Gasteiger charge is -2.33. The molecule has 4 rings (SSSR count). The molecule has 1 aromatic carbocycles. The van der Waals surface area contributed by atoms with Gasteiger partial charge in [0.2, 0.25) is 17.6 Å². The van der Waals surface area contributed by atoms with Gasteiger partial charge in [-0.25, -0.2) is 4.98 Å². The molecule has 0 bridgehead atoms. The van der Waals surface area contributed by atoms with Crippen molar-refractivity contribution in [2.75, 3.05) is 51.2 Å². The van der Waals surface area contributed by atoms with Gasteiger partial charge in [-0.2, -0.15) is 4.98 Å². The minimum Gasteiger partial charge on any atom is -0.493 e. The van der Waals surface area contributed by atoms with Crippen LogP contribution in [0.3, 0.4) is 0 Å². The van der Waals surface area contributed by atoms with Crippen LogP contribution in [0.25, 0.3) is 0 Å². The van der Waals surface area contributed by atoms with Crippen molar-refractivity contribution in [1.29, 1.82) is 0 Å². The Hall–Kier alpha value is -3.75. The summed E-state index contributed by atoms with van der Waals surface area (Å²) in [5.74, 6) is 4.05. The van der Waals surface area contributed by atoms with E-state index in [0.717, 1.165) is 31.6 Å². The molecule has 2 atom stereocenters. The summed E-state index contributed by atoms with van der Waals surface area (Å²) in [5.41, 5.74) is 1.89. The van der Waals surface area contributed by atoms with E-state index < -0.39 is 0 Å². The number of rotatable bonds is 10. The minimum atomic E-state index is -0.0817. The zero-order valence-corrected chi connectivity index (χ0v) is 23.0. The molecule has 38 heavy (non-hydrogen) atoms. The van der Waals surface area contributed by atoms with Gasteiger partial charge in [-0.05, 0) is 42.7 Å². The first-order valence-electron chi connectivity index (χ1n) is 13.2. The second-order valence-electron chi connectivity index (χ2n) is 10.1. The number of piperidine rings is 1. The molecule has 2 aliphatic rings. The molecule has 2 N–H and O–H groups in total. The lowest BCUT2D eigenvalue weighted by Crippen LogP contribution is -2.43. The maximum Gasteiger partial charge on any atom is 0.229 e. The van der Waals surface area contributed by atoms with Crippen LogP contribution in [-0.2, 0) is 4.79 Å². The third-order valence-electron chi connectivity index (χ3n) is 7.21. The lowest BCUT2D eigenvalue weighted by atomic mass is 9.87. The molecule has 9 heteroatoms. The number of carbonyl (C=O) groups excluding carboxylic acids is 1. The molecule has 9 nitrogen and oxygen atoms in total. The molecule has 1 saturated heterocycles. The molecule has 1 aliphatic carbocycles. The van der Waals surface area contributed by atoms with Crippen molar-refractivity contribution in [3.05, 3.63) is 48.2 Å². The van der Waals surface area contributed by atoms with Crippen molar-refractivity contribution in [1.82, 2.24) is 15.3 Å². The average Bonchev–Trinajstić information content (AvgIpc) is 2.95. The second kappa shape index (κ2) is 12.7. The van der Waals surface area contributed by atoms with E-state index in [1.54, 1.807) is 39.7 Å². The summed E-state index contributed by atoms with van der Waals surface area (Å²) in [6.07, 6.45) is 11.2. The Morgan fingerprint density at radius 1 is 1.16 bits per heavy atom. The first-order chi connectivity index (χ1) is 18.4. The fourth-order valence-electron chi connectivity index (χ4n) is 4.91. The van der Waals surface area contributed by atoms with Gasteiger partial charge < -0.3 is 29.7 Å². The molecule has 204 valence electrons. The molecule has 2 aromatic rings. The zero-order valence-electron chi connectivity index (χ0n) is 23.0. The highest BCUT2D eigenvalue weighted by Gasteiger charge is 2.27. The molecule has 0 radical (unpaired) electrons. The van der Waals surface area contributed by atoms with Gasteiger partial charge in [-0.3, -0.25) is 4.79 Å². The van der Waals surface area contributed by atoms with Gasteiger partial charge >= 0.3 is 0 Å². The number of hydrogen-bond acceptors (Lipinski definition) is 8. The first kappa shape index (κ1) is 27.3. The number of amides is 1. The summed E-state index contributed by atoms with van der Waals surface area (Å²) in [6, 6.07) is 5.49. The number of nitrogens with zero attached hydrogens (tertiary/aromatic N) is 3. The summed E-state index contributed by atoms with van der Waals surface area (Å²) >= 11 is 0. The number of anilines is 3. The molecular formula is C29H39N5O4. The van der Waals surface area contributed by atoms with Crippen LogP contribution in [-0.4, -0.2) is 56.8 Å². The number of carbonyl (C=O) groups is 1. The fourth-order valence-corrected chi connectivity index (χ4v) is 4.91. The van der Waals surface area contributed by atoms with Crippen molar-refractivity contribution in [3.8, 4) is 17.2 Å². The standard InChI is InChI=1S/C29H39N5O4/c1-19(2)21-10-8-20(9-11-21)17-31-28(35)22-7-6-14-34(18-22)26-12-13-30-29(33-26)32-23-15-24(36-3)27(38-5)25(16-23)37-4/h8-10,12-13,15-16,19,21-22H,6-7,11,14,17-18H2,1-5H3,(H,31,35)(H,30,32,33)/t21?,22-/m0/s1. The SMILES string of the molecule is COc1cc(Nc2nccc(N3CCC[C@H](C(=O)NCC4=CCC(C(C)C)C=C4)C3)n2)cc(OC)c1OC. The Labute approximate surface area is 225 Å². The predicted octanol–water partition coefficient (Wildman–Crippen LogP) is 4.74. The van der Waals surface area contributed by atoms with E-state index in [1.165, 1.54) is 5.57 Å². The van der Waals surface area contributed by atoms with Crippen LogP contribution >= 0.6 is 0 Å². The van der Waals surface area contributed by atoms with Crippen LogP contribution < -0.4 is 29.7 Å².